The summed E-state index contributed by atoms with van der Waals surface area (Å²) in [5.74, 6) is 0.551. The van der Waals surface area contributed by atoms with Crippen LogP contribution >= 0.6 is 34.4 Å². The van der Waals surface area contributed by atoms with Gasteiger partial charge in [-0.2, -0.15) is 5.26 Å². The minimum atomic E-state index is -0.166. The van der Waals surface area contributed by atoms with Crippen molar-refractivity contribution in [3.63, 3.8) is 0 Å². The number of rotatable bonds is 7. The van der Waals surface area contributed by atoms with Crippen molar-refractivity contribution in [2.45, 2.75) is 23.4 Å². The smallest absolute Gasteiger partial charge is 0.232 e. The first-order chi connectivity index (χ1) is 15.1. The number of aryl methyl sites for hydroxylation is 1. The lowest BCUT2D eigenvalue weighted by atomic mass is 10.1. The molecule has 4 rings (SSSR count). The van der Waals surface area contributed by atoms with E-state index in [0.717, 1.165) is 31.9 Å². The van der Waals surface area contributed by atoms with Gasteiger partial charge in [-0.1, -0.05) is 59.0 Å². The van der Waals surface area contributed by atoms with Gasteiger partial charge >= 0.3 is 0 Å². The van der Waals surface area contributed by atoms with Gasteiger partial charge in [0, 0.05) is 16.7 Å². The number of hydrogen-bond acceptors (Lipinski definition) is 8. The maximum atomic E-state index is 12.4. The molecule has 0 aliphatic heterocycles. The van der Waals surface area contributed by atoms with E-state index in [2.05, 4.69) is 32.6 Å². The first-order valence-corrected chi connectivity index (χ1v) is 12.0. The third kappa shape index (κ3) is 5.76. The van der Waals surface area contributed by atoms with Crippen LogP contribution in [0.5, 0.6) is 0 Å². The summed E-state index contributed by atoms with van der Waals surface area (Å²) in [6, 6.07) is 17.7. The van der Waals surface area contributed by atoms with E-state index in [1.807, 2.05) is 42.6 Å². The molecule has 1 N–H and O–H groups in total. The average molecular weight is 464 g/mol. The quantitative estimate of drug-likeness (QED) is 0.295. The number of carbonyl (C=O) groups is 1. The SMILES string of the molecule is Cc1cccc(-c2nc(CC(=O)Nc3nnc(SCc4ccc(C#N)cc4)s3)cs2)c1. The van der Waals surface area contributed by atoms with Gasteiger partial charge in [-0.15, -0.1) is 21.5 Å². The number of benzene rings is 2. The van der Waals surface area contributed by atoms with E-state index < -0.39 is 0 Å². The van der Waals surface area contributed by atoms with E-state index in [9.17, 15) is 4.79 Å². The number of aromatic nitrogens is 3. The molecule has 0 aliphatic rings. The van der Waals surface area contributed by atoms with Gasteiger partial charge in [0.2, 0.25) is 11.0 Å². The van der Waals surface area contributed by atoms with Gasteiger partial charge in [0.25, 0.3) is 0 Å². The summed E-state index contributed by atoms with van der Waals surface area (Å²) in [5.41, 5.74) is 4.71. The fraction of sp³-hybridized carbons (Fsp3) is 0.136. The van der Waals surface area contributed by atoms with E-state index in [-0.39, 0.29) is 12.3 Å². The molecule has 0 saturated heterocycles. The zero-order valence-corrected chi connectivity index (χ0v) is 19.0. The highest BCUT2D eigenvalue weighted by Gasteiger charge is 2.12. The Labute approximate surface area is 192 Å². The minimum Gasteiger partial charge on any atom is -0.300 e. The molecule has 0 spiro atoms. The first-order valence-electron chi connectivity index (χ1n) is 9.36. The van der Waals surface area contributed by atoms with E-state index in [4.69, 9.17) is 5.26 Å². The molecule has 0 bridgehead atoms. The third-order valence-corrected chi connectivity index (χ3v) is 7.24. The Morgan fingerprint density at radius 3 is 2.81 bits per heavy atom. The molecule has 9 heteroatoms. The molecule has 1 amide bonds. The van der Waals surface area contributed by atoms with E-state index >= 15 is 0 Å². The molecule has 2 heterocycles. The van der Waals surface area contributed by atoms with Crippen LogP contribution in [0.2, 0.25) is 0 Å². The predicted octanol–water partition coefficient (Wildman–Crippen LogP) is 5.32. The minimum absolute atomic E-state index is 0.166. The highest BCUT2D eigenvalue weighted by Crippen LogP contribution is 2.29. The molecule has 0 atom stereocenters. The average Bonchev–Trinajstić information content (AvgIpc) is 3.42. The van der Waals surface area contributed by atoms with Gasteiger partial charge in [0.15, 0.2) is 4.34 Å². The predicted molar refractivity (Wildman–Crippen MR) is 125 cm³/mol. The van der Waals surface area contributed by atoms with Gasteiger partial charge < -0.3 is 5.32 Å². The van der Waals surface area contributed by atoms with Crippen LogP contribution in [0.1, 0.15) is 22.4 Å². The lowest BCUT2D eigenvalue weighted by Gasteiger charge is -1.99. The topological polar surface area (TPSA) is 91.6 Å². The molecule has 2 aromatic heterocycles. The van der Waals surface area contributed by atoms with Gasteiger partial charge in [-0.25, -0.2) is 4.98 Å². The Hall–Kier alpha value is -3.06. The number of hydrogen-bond donors (Lipinski definition) is 1. The number of anilines is 1. The van der Waals surface area contributed by atoms with Gasteiger partial charge in [-0.3, -0.25) is 4.79 Å². The monoisotopic (exact) mass is 463 g/mol. The summed E-state index contributed by atoms with van der Waals surface area (Å²) < 4.78 is 0.773. The fourth-order valence-electron chi connectivity index (χ4n) is 2.77. The van der Waals surface area contributed by atoms with Gasteiger partial charge in [0.1, 0.15) is 5.01 Å². The highest BCUT2D eigenvalue weighted by molar-refractivity contribution is 8.00. The lowest BCUT2D eigenvalue weighted by Crippen LogP contribution is -2.14. The van der Waals surface area contributed by atoms with Crippen LogP contribution in [0.25, 0.3) is 10.6 Å². The van der Waals surface area contributed by atoms with Crippen LogP contribution < -0.4 is 5.32 Å². The lowest BCUT2D eigenvalue weighted by molar-refractivity contribution is -0.115. The summed E-state index contributed by atoms with van der Waals surface area (Å²) >= 11 is 4.41. The number of nitrogens with zero attached hydrogens (tertiary/aromatic N) is 4. The largest absolute Gasteiger partial charge is 0.300 e. The molecular formula is C22H17N5OS3. The zero-order chi connectivity index (χ0) is 21.6. The van der Waals surface area contributed by atoms with Crippen LogP contribution in [0.15, 0.2) is 58.3 Å². The maximum Gasteiger partial charge on any atom is 0.232 e. The molecule has 2 aromatic carbocycles. The number of thioether (sulfide) groups is 1. The second-order valence-corrected chi connectivity index (χ2v) is 9.77. The molecule has 0 radical (unpaired) electrons. The molecule has 4 aromatic rings. The van der Waals surface area contributed by atoms with Crippen molar-refractivity contribution in [3.8, 4) is 16.6 Å². The van der Waals surface area contributed by atoms with E-state index in [1.165, 1.54) is 28.2 Å². The Balaban J connectivity index is 1.30. The number of amides is 1. The maximum absolute atomic E-state index is 12.4. The van der Waals surface area contributed by atoms with Crippen molar-refractivity contribution < 1.29 is 4.79 Å². The molecule has 0 saturated carbocycles. The second kappa shape index (κ2) is 9.83. The van der Waals surface area contributed by atoms with Crippen molar-refractivity contribution in [2.75, 3.05) is 5.32 Å². The summed E-state index contributed by atoms with van der Waals surface area (Å²) in [5, 5.41) is 23.1. The highest BCUT2D eigenvalue weighted by atomic mass is 32.2. The molecule has 31 heavy (non-hydrogen) atoms. The Morgan fingerprint density at radius 2 is 2.03 bits per heavy atom. The van der Waals surface area contributed by atoms with Crippen LogP contribution in [0.4, 0.5) is 5.13 Å². The van der Waals surface area contributed by atoms with E-state index in [1.54, 1.807) is 23.9 Å². The number of carbonyl (C=O) groups excluding carboxylic acids is 1. The zero-order valence-electron chi connectivity index (χ0n) is 16.5. The van der Waals surface area contributed by atoms with Crippen LogP contribution in [-0.4, -0.2) is 21.1 Å². The summed E-state index contributed by atoms with van der Waals surface area (Å²) in [6.45, 7) is 2.05. The Bertz CT molecular complexity index is 1240. The summed E-state index contributed by atoms with van der Waals surface area (Å²) in [6.07, 6.45) is 0.190. The fourth-order valence-corrected chi connectivity index (χ4v) is 5.31. The summed E-state index contributed by atoms with van der Waals surface area (Å²) in [7, 11) is 0. The number of thiazole rings is 1. The normalized spacial score (nSPS) is 10.6. The number of nitrogens with one attached hydrogen (secondary N) is 1. The second-order valence-electron chi connectivity index (χ2n) is 6.71. The molecule has 6 nitrogen and oxygen atoms in total. The van der Waals surface area contributed by atoms with Crippen molar-refractivity contribution in [3.05, 3.63) is 76.3 Å². The van der Waals surface area contributed by atoms with Crippen LogP contribution in [0, 0.1) is 18.3 Å². The Kier molecular flexibility index (Phi) is 6.72. The third-order valence-electron chi connectivity index (χ3n) is 4.26. The van der Waals surface area contributed by atoms with Crippen molar-refractivity contribution in [2.24, 2.45) is 0 Å². The Morgan fingerprint density at radius 1 is 1.19 bits per heavy atom. The van der Waals surface area contributed by atoms with Crippen molar-refractivity contribution >= 4 is 45.5 Å². The first kappa shape index (κ1) is 21.2. The van der Waals surface area contributed by atoms with E-state index in [0.29, 0.717) is 10.7 Å². The molecule has 0 unspecified atom stereocenters. The van der Waals surface area contributed by atoms with Crippen molar-refractivity contribution in [1.29, 1.82) is 5.26 Å². The van der Waals surface area contributed by atoms with Crippen LogP contribution in [-0.2, 0) is 17.0 Å². The molecule has 154 valence electrons. The van der Waals surface area contributed by atoms with Gasteiger partial charge in [-0.05, 0) is 30.7 Å². The summed E-state index contributed by atoms with van der Waals surface area (Å²) in [4.78, 5) is 17.0. The van der Waals surface area contributed by atoms with Crippen molar-refractivity contribution in [1.82, 2.24) is 15.2 Å². The molecule has 0 aliphatic carbocycles. The standard InChI is InChI=1S/C22H17N5OS3/c1-14-3-2-4-17(9-14)20-24-18(13-29-20)10-19(28)25-21-26-27-22(31-21)30-12-16-7-5-15(11-23)6-8-16/h2-9,13H,10,12H2,1H3,(H,25,26,28). The van der Waals surface area contributed by atoms with Crippen LogP contribution in [0.3, 0.4) is 0 Å². The number of nitriles is 1. The molecular weight excluding hydrogens is 446 g/mol. The molecule has 0 fully saturated rings. The van der Waals surface area contributed by atoms with Gasteiger partial charge in [0.05, 0.1) is 23.7 Å².